The Hall–Kier alpha value is -2.67. The van der Waals surface area contributed by atoms with Crippen molar-refractivity contribution in [2.75, 3.05) is 5.32 Å². The Bertz CT molecular complexity index is 997. The van der Waals surface area contributed by atoms with Gasteiger partial charge in [-0.15, -0.1) is 0 Å². The second kappa shape index (κ2) is 5.27. The molecule has 2 heterocycles. The number of carbonyl (C=O) groups is 1. The number of nitrogens with one attached hydrogen (secondary N) is 2. The molecule has 7 heteroatoms. The third-order valence-electron chi connectivity index (χ3n) is 3.37. The number of fused-ring (bicyclic) bond motifs is 1. The number of aromatic nitrogens is 2. The zero-order valence-electron chi connectivity index (χ0n) is 12.0. The third-order valence-corrected chi connectivity index (χ3v) is 3.55. The summed E-state index contributed by atoms with van der Waals surface area (Å²) in [6.07, 6.45) is 1.59. The number of H-pyrrole nitrogens is 1. The molecule has 22 heavy (non-hydrogen) atoms. The third kappa shape index (κ3) is 2.58. The van der Waals surface area contributed by atoms with Gasteiger partial charge in [0.05, 0.1) is 11.2 Å². The highest BCUT2D eigenvalue weighted by molar-refractivity contribution is 7.71. The van der Waals surface area contributed by atoms with Crippen LogP contribution < -0.4 is 10.9 Å². The van der Waals surface area contributed by atoms with Crippen molar-refractivity contribution in [2.24, 2.45) is 7.05 Å². The van der Waals surface area contributed by atoms with E-state index in [1.165, 1.54) is 10.6 Å². The first-order valence-corrected chi connectivity index (χ1v) is 6.96. The fourth-order valence-electron chi connectivity index (χ4n) is 2.14. The van der Waals surface area contributed by atoms with Gasteiger partial charge in [-0.3, -0.25) is 9.59 Å². The summed E-state index contributed by atoms with van der Waals surface area (Å²) < 4.78 is 6.71. The minimum absolute atomic E-state index is 0.124. The molecule has 2 N–H and O–H groups in total. The molecule has 3 rings (SSSR count). The van der Waals surface area contributed by atoms with Crippen molar-refractivity contribution < 1.29 is 9.21 Å². The summed E-state index contributed by atoms with van der Waals surface area (Å²) in [4.78, 5) is 27.0. The number of hydrogen-bond donors (Lipinski definition) is 2. The van der Waals surface area contributed by atoms with Crippen molar-refractivity contribution in [3.63, 3.8) is 0 Å². The first-order valence-electron chi connectivity index (χ1n) is 6.55. The van der Waals surface area contributed by atoms with Gasteiger partial charge >= 0.3 is 0 Å². The van der Waals surface area contributed by atoms with Gasteiger partial charge in [-0.2, -0.15) is 0 Å². The minimum atomic E-state index is -0.286. The first kappa shape index (κ1) is 14.3. The van der Waals surface area contributed by atoms with E-state index >= 15 is 0 Å². The van der Waals surface area contributed by atoms with Crippen LogP contribution in [0, 0.1) is 11.8 Å². The Kier molecular flexibility index (Phi) is 3.42. The summed E-state index contributed by atoms with van der Waals surface area (Å²) in [5.74, 6) is -0.286. The van der Waals surface area contributed by atoms with Gasteiger partial charge in [-0.1, -0.05) is 0 Å². The number of pyridine rings is 1. The molecule has 112 valence electrons. The van der Waals surface area contributed by atoms with Crippen molar-refractivity contribution in [3.05, 3.63) is 56.8 Å². The Morgan fingerprint density at radius 3 is 2.91 bits per heavy atom. The summed E-state index contributed by atoms with van der Waals surface area (Å²) in [5.41, 5.74) is 2.87. The first-order chi connectivity index (χ1) is 10.4. The van der Waals surface area contributed by atoms with E-state index in [9.17, 15) is 9.59 Å². The second-order valence-corrected chi connectivity index (χ2v) is 5.37. The molecule has 1 aromatic carbocycles. The maximum Gasteiger partial charge on any atom is 0.266 e. The van der Waals surface area contributed by atoms with Crippen LogP contribution in [-0.4, -0.2) is 15.5 Å². The molecule has 0 aliphatic rings. The van der Waals surface area contributed by atoms with Crippen LogP contribution in [0.25, 0.3) is 11.1 Å². The van der Waals surface area contributed by atoms with Crippen LogP contribution in [0.5, 0.6) is 0 Å². The van der Waals surface area contributed by atoms with Crippen LogP contribution in [0.15, 0.2) is 39.7 Å². The normalized spacial score (nSPS) is 10.8. The number of benzene rings is 1. The zero-order valence-corrected chi connectivity index (χ0v) is 12.8. The van der Waals surface area contributed by atoms with Crippen molar-refractivity contribution in [2.45, 2.75) is 6.92 Å². The molecule has 0 atom stereocenters. The number of aryl methyl sites for hydroxylation is 2. The fraction of sp³-hybridized carbons (Fsp3) is 0.133. The number of anilines is 1. The molecule has 0 aliphatic heterocycles. The van der Waals surface area contributed by atoms with Gasteiger partial charge in [0.2, 0.25) is 0 Å². The Morgan fingerprint density at radius 2 is 2.14 bits per heavy atom. The molecule has 0 saturated carbocycles. The van der Waals surface area contributed by atoms with Gasteiger partial charge in [0.15, 0.2) is 5.58 Å². The van der Waals surface area contributed by atoms with Crippen molar-refractivity contribution in [1.29, 1.82) is 0 Å². The van der Waals surface area contributed by atoms with Gasteiger partial charge in [0.25, 0.3) is 16.3 Å². The fourth-order valence-corrected chi connectivity index (χ4v) is 2.34. The second-order valence-electron chi connectivity index (χ2n) is 5.00. The van der Waals surface area contributed by atoms with E-state index in [0.717, 1.165) is 5.52 Å². The maximum atomic E-state index is 12.3. The maximum absolute atomic E-state index is 12.3. The van der Waals surface area contributed by atoms with Crippen LogP contribution in [0.1, 0.15) is 15.9 Å². The van der Waals surface area contributed by atoms with Crippen LogP contribution in [0.4, 0.5) is 5.69 Å². The number of oxazole rings is 1. The monoisotopic (exact) mass is 315 g/mol. The van der Waals surface area contributed by atoms with Crippen LogP contribution >= 0.6 is 12.2 Å². The molecule has 2 aromatic heterocycles. The van der Waals surface area contributed by atoms with Gasteiger partial charge in [-0.05, 0) is 42.9 Å². The van der Waals surface area contributed by atoms with Crippen molar-refractivity contribution in [3.8, 4) is 0 Å². The van der Waals surface area contributed by atoms with E-state index in [1.807, 2.05) is 0 Å². The predicted molar refractivity (Wildman–Crippen MR) is 85.8 cm³/mol. The molecule has 1 amide bonds. The molecule has 0 fully saturated rings. The predicted octanol–water partition coefficient (Wildman–Crippen LogP) is 2.75. The molecule has 0 bridgehead atoms. The molecular weight excluding hydrogens is 302 g/mol. The number of nitrogens with zero attached hydrogens (tertiary/aromatic N) is 1. The van der Waals surface area contributed by atoms with Gasteiger partial charge in [-0.25, -0.2) is 0 Å². The number of carbonyl (C=O) groups excluding carboxylic acids is 1. The van der Waals surface area contributed by atoms with E-state index in [4.69, 9.17) is 16.6 Å². The molecule has 0 saturated heterocycles. The molecule has 6 nitrogen and oxygen atoms in total. The highest BCUT2D eigenvalue weighted by Gasteiger charge is 2.11. The summed E-state index contributed by atoms with van der Waals surface area (Å²) in [5, 5.41) is 2.79. The summed E-state index contributed by atoms with van der Waals surface area (Å²) in [7, 11) is 1.63. The minimum Gasteiger partial charge on any atom is -0.429 e. The van der Waals surface area contributed by atoms with Crippen LogP contribution in [-0.2, 0) is 7.05 Å². The molecule has 0 radical (unpaired) electrons. The van der Waals surface area contributed by atoms with E-state index in [1.54, 1.807) is 38.4 Å². The number of amides is 1. The number of rotatable bonds is 2. The summed E-state index contributed by atoms with van der Waals surface area (Å²) in [6.45, 7) is 1.77. The summed E-state index contributed by atoms with van der Waals surface area (Å²) in [6, 6.07) is 6.50. The number of aromatic amines is 1. The Labute approximate surface area is 130 Å². The average Bonchev–Trinajstić information content (AvgIpc) is 2.83. The van der Waals surface area contributed by atoms with Crippen LogP contribution in [0.3, 0.4) is 0 Å². The SMILES string of the molecule is Cc1cc(=O)n(C)cc1NC(=O)c1ccc2[nH]c(=S)oc2c1. The highest BCUT2D eigenvalue weighted by Crippen LogP contribution is 2.17. The molecule has 3 aromatic rings. The lowest BCUT2D eigenvalue weighted by molar-refractivity contribution is 0.102. The van der Waals surface area contributed by atoms with E-state index in [2.05, 4.69) is 10.3 Å². The molecule has 0 aliphatic carbocycles. The largest absolute Gasteiger partial charge is 0.429 e. The highest BCUT2D eigenvalue weighted by atomic mass is 32.1. The van der Waals surface area contributed by atoms with E-state index < -0.39 is 0 Å². The van der Waals surface area contributed by atoms with Gasteiger partial charge < -0.3 is 19.3 Å². The number of hydrogen-bond acceptors (Lipinski definition) is 4. The standard InChI is InChI=1S/C15H13N3O3S/c1-8-5-13(19)18(2)7-11(8)16-14(20)9-3-4-10-12(6-9)21-15(22)17-10/h3-7H,1-2H3,(H,16,20)(H,17,22). The smallest absolute Gasteiger partial charge is 0.266 e. The van der Waals surface area contributed by atoms with E-state index in [-0.39, 0.29) is 16.3 Å². The quantitative estimate of drug-likeness (QED) is 0.713. The van der Waals surface area contributed by atoms with Crippen molar-refractivity contribution in [1.82, 2.24) is 9.55 Å². The zero-order chi connectivity index (χ0) is 15.9. The van der Waals surface area contributed by atoms with Gasteiger partial charge in [0, 0.05) is 24.9 Å². The van der Waals surface area contributed by atoms with Gasteiger partial charge in [0.1, 0.15) is 0 Å². The lowest BCUT2D eigenvalue weighted by Gasteiger charge is -2.09. The lowest BCUT2D eigenvalue weighted by atomic mass is 10.2. The Balaban J connectivity index is 1.94. The molecule has 0 spiro atoms. The van der Waals surface area contributed by atoms with Crippen LogP contribution in [0.2, 0.25) is 0 Å². The summed E-state index contributed by atoms with van der Waals surface area (Å²) >= 11 is 4.92. The molecule has 0 unspecified atom stereocenters. The average molecular weight is 315 g/mol. The van der Waals surface area contributed by atoms with Crippen molar-refractivity contribution >= 4 is 34.9 Å². The van der Waals surface area contributed by atoms with E-state index in [0.29, 0.717) is 22.4 Å². The molecular formula is C15H13N3O3S. The Morgan fingerprint density at radius 1 is 1.36 bits per heavy atom. The topological polar surface area (TPSA) is 80.0 Å². The lowest BCUT2D eigenvalue weighted by Crippen LogP contribution is -2.19.